The maximum atomic E-state index is 11.5. The normalized spacial score (nSPS) is 9.87. The zero-order valence-corrected chi connectivity index (χ0v) is 9.69. The summed E-state index contributed by atoms with van der Waals surface area (Å²) in [5.74, 6) is 0. The molecule has 0 saturated heterocycles. The summed E-state index contributed by atoms with van der Waals surface area (Å²) in [6.45, 7) is 6.13. The van der Waals surface area contributed by atoms with E-state index in [1.54, 1.807) is 34.7 Å². The van der Waals surface area contributed by atoms with Crippen molar-refractivity contribution in [2.75, 3.05) is 0 Å². The van der Waals surface area contributed by atoms with Crippen LogP contribution in [0.3, 0.4) is 0 Å². The lowest BCUT2D eigenvalue weighted by Gasteiger charge is -1.97. The van der Waals surface area contributed by atoms with Crippen LogP contribution in [0.5, 0.6) is 0 Å². The quantitative estimate of drug-likeness (QED) is 0.660. The summed E-state index contributed by atoms with van der Waals surface area (Å²) >= 11 is 0. The van der Waals surface area contributed by atoms with Crippen LogP contribution in [0.4, 0.5) is 0 Å². The number of hydrogen-bond acceptors (Lipinski definition) is 2. The number of nitrogens with zero attached hydrogens (tertiary/aromatic N) is 3. The van der Waals surface area contributed by atoms with Crippen molar-refractivity contribution in [2.24, 2.45) is 7.05 Å². The molecule has 2 aromatic heterocycles. The van der Waals surface area contributed by atoms with Crippen LogP contribution in [0.1, 0.15) is 25.8 Å². The van der Waals surface area contributed by atoms with Crippen molar-refractivity contribution in [3.05, 3.63) is 34.5 Å². The van der Waals surface area contributed by atoms with Crippen molar-refractivity contribution in [1.29, 1.82) is 0 Å². The molecule has 0 saturated carbocycles. The number of fused-ring (bicyclic) bond motifs is 1. The Morgan fingerprint density at radius 3 is 2.53 bits per heavy atom. The molecule has 2 rings (SSSR count). The Hall–Kier alpha value is -1.58. The van der Waals surface area contributed by atoms with E-state index in [0.29, 0.717) is 5.52 Å². The topological polar surface area (TPSA) is 39.3 Å². The summed E-state index contributed by atoms with van der Waals surface area (Å²) in [7, 11) is 1.73. The van der Waals surface area contributed by atoms with Crippen molar-refractivity contribution in [3.63, 3.8) is 0 Å². The first-order valence-electron chi connectivity index (χ1n) is 5.11. The Kier molecular flexibility index (Phi) is 3.66. The molecule has 0 fully saturated rings. The standard InChI is InChI=1S/C8H9N3O.C3H8/c1-6-5-9-11-4-3-10(2)8(12)7(6)11;1-3-2/h3-5H,1-2H3;3H2,1-2H3. The zero-order valence-electron chi connectivity index (χ0n) is 9.69. The summed E-state index contributed by atoms with van der Waals surface area (Å²) in [5.41, 5.74) is 1.56. The first-order valence-corrected chi connectivity index (χ1v) is 5.11. The monoisotopic (exact) mass is 207 g/mol. The zero-order chi connectivity index (χ0) is 11.4. The van der Waals surface area contributed by atoms with Crippen molar-refractivity contribution < 1.29 is 0 Å². The average Bonchev–Trinajstić information content (AvgIpc) is 2.56. The van der Waals surface area contributed by atoms with Gasteiger partial charge in [-0.15, -0.1) is 0 Å². The molecule has 0 radical (unpaired) electrons. The summed E-state index contributed by atoms with van der Waals surface area (Å²) < 4.78 is 3.14. The third kappa shape index (κ3) is 2.26. The Morgan fingerprint density at radius 1 is 1.33 bits per heavy atom. The Morgan fingerprint density at radius 2 is 1.93 bits per heavy atom. The van der Waals surface area contributed by atoms with E-state index in [9.17, 15) is 4.79 Å². The highest BCUT2D eigenvalue weighted by Gasteiger charge is 2.03. The van der Waals surface area contributed by atoms with Crippen molar-refractivity contribution in [1.82, 2.24) is 14.2 Å². The minimum atomic E-state index is -0.00694. The largest absolute Gasteiger partial charge is 0.315 e. The van der Waals surface area contributed by atoms with Gasteiger partial charge in [0.2, 0.25) is 0 Å². The van der Waals surface area contributed by atoms with Crippen LogP contribution in [-0.2, 0) is 7.05 Å². The SMILES string of the molecule is CCC.Cc1cnn2ccn(C)c(=O)c12. The highest BCUT2D eigenvalue weighted by molar-refractivity contribution is 5.50. The fourth-order valence-electron chi connectivity index (χ4n) is 1.23. The van der Waals surface area contributed by atoms with Crippen molar-refractivity contribution in [2.45, 2.75) is 27.2 Å². The highest BCUT2D eigenvalue weighted by atomic mass is 16.1. The predicted octanol–water partition coefficient (Wildman–Crippen LogP) is 1.76. The van der Waals surface area contributed by atoms with Crippen LogP contribution in [0.2, 0.25) is 0 Å². The van der Waals surface area contributed by atoms with Gasteiger partial charge in [-0.25, -0.2) is 4.52 Å². The van der Waals surface area contributed by atoms with Gasteiger partial charge in [0.15, 0.2) is 0 Å². The van der Waals surface area contributed by atoms with E-state index < -0.39 is 0 Å². The smallest absolute Gasteiger partial charge is 0.276 e. The van der Waals surface area contributed by atoms with Gasteiger partial charge in [0.1, 0.15) is 5.52 Å². The molecule has 4 heteroatoms. The fourth-order valence-corrected chi connectivity index (χ4v) is 1.23. The second-order valence-corrected chi connectivity index (χ2v) is 3.54. The number of aryl methyl sites for hydroxylation is 2. The number of rotatable bonds is 0. The average molecular weight is 207 g/mol. The third-order valence-electron chi connectivity index (χ3n) is 1.93. The number of hydrogen-bond donors (Lipinski definition) is 0. The van der Waals surface area contributed by atoms with Gasteiger partial charge in [-0.05, 0) is 6.92 Å². The van der Waals surface area contributed by atoms with Gasteiger partial charge in [0.05, 0.1) is 6.20 Å². The molecule has 15 heavy (non-hydrogen) atoms. The summed E-state index contributed by atoms with van der Waals surface area (Å²) in [4.78, 5) is 11.5. The van der Waals surface area contributed by atoms with Crippen molar-refractivity contribution in [3.8, 4) is 0 Å². The maximum Gasteiger partial charge on any atom is 0.276 e. The van der Waals surface area contributed by atoms with E-state index >= 15 is 0 Å². The molecule has 0 spiro atoms. The molecular weight excluding hydrogens is 190 g/mol. The van der Waals surface area contributed by atoms with Crippen LogP contribution in [0, 0.1) is 6.92 Å². The fraction of sp³-hybridized carbons (Fsp3) is 0.455. The Bertz CT molecular complexity index is 496. The lowest BCUT2D eigenvalue weighted by atomic mass is 10.3. The highest BCUT2D eigenvalue weighted by Crippen LogP contribution is 2.01. The van der Waals surface area contributed by atoms with Gasteiger partial charge in [-0.2, -0.15) is 5.10 Å². The molecular formula is C11H17N3O. The molecule has 4 nitrogen and oxygen atoms in total. The van der Waals surface area contributed by atoms with Gasteiger partial charge in [0.25, 0.3) is 5.56 Å². The molecule has 0 bridgehead atoms. The minimum absolute atomic E-state index is 0.00694. The molecule has 2 aromatic rings. The first kappa shape index (κ1) is 11.5. The van der Waals surface area contributed by atoms with Crippen LogP contribution >= 0.6 is 0 Å². The molecule has 82 valence electrons. The van der Waals surface area contributed by atoms with Gasteiger partial charge in [0, 0.05) is 25.0 Å². The van der Waals surface area contributed by atoms with E-state index in [0.717, 1.165) is 5.56 Å². The van der Waals surface area contributed by atoms with Crippen LogP contribution in [0.15, 0.2) is 23.4 Å². The molecule has 0 amide bonds. The summed E-state index contributed by atoms with van der Waals surface area (Å²) in [6.07, 6.45) is 6.40. The van der Waals surface area contributed by atoms with E-state index in [1.165, 1.54) is 6.42 Å². The molecule has 0 aliphatic rings. The van der Waals surface area contributed by atoms with E-state index in [2.05, 4.69) is 18.9 Å². The van der Waals surface area contributed by atoms with Gasteiger partial charge in [-0.3, -0.25) is 4.79 Å². The molecule has 0 unspecified atom stereocenters. The lowest BCUT2D eigenvalue weighted by molar-refractivity contribution is 0.820. The van der Waals surface area contributed by atoms with Gasteiger partial charge in [-0.1, -0.05) is 20.3 Å². The molecule has 0 atom stereocenters. The third-order valence-corrected chi connectivity index (χ3v) is 1.93. The predicted molar refractivity (Wildman–Crippen MR) is 61.1 cm³/mol. The molecule has 2 heterocycles. The van der Waals surface area contributed by atoms with Gasteiger partial charge < -0.3 is 4.57 Å². The summed E-state index contributed by atoms with van der Waals surface area (Å²) in [5, 5.41) is 4.02. The van der Waals surface area contributed by atoms with Crippen molar-refractivity contribution >= 4 is 5.52 Å². The van der Waals surface area contributed by atoms with E-state index in [4.69, 9.17) is 0 Å². The molecule has 0 aromatic carbocycles. The second-order valence-electron chi connectivity index (χ2n) is 3.54. The number of aromatic nitrogens is 3. The molecule has 0 N–H and O–H groups in total. The maximum absolute atomic E-state index is 11.5. The van der Waals surface area contributed by atoms with E-state index in [-0.39, 0.29) is 5.56 Å². The van der Waals surface area contributed by atoms with Crippen LogP contribution in [0.25, 0.3) is 5.52 Å². The minimum Gasteiger partial charge on any atom is -0.315 e. The summed E-state index contributed by atoms with van der Waals surface area (Å²) in [6, 6.07) is 0. The van der Waals surface area contributed by atoms with Crippen LogP contribution < -0.4 is 5.56 Å². The van der Waals surface area contributed by atoms with E-state index in [1.807, 2.05) is 6.92 Å². The second kappa shape index (κ2) is 4.77. The first-order chi connectivity index (χ1) is 7.11. The molecule has 0 aliphatic heterocycles. The van der Waals surface area contributed by atoms with Gasteiger partial charge >= 0.3 is 0 Å². The molecule has 0 aliphatic carbocycles. The lowest BCUT2D eigenvalue weighted by Crippen LogP contribution is -2.18. The Balaban J connectivity index is 0.000000337. The van der Waals surface area contributed by atoms with Crippen LogP contribution in [-0.4, -0.2) is 14.2 Å². The Labute approximate surface area is 89.2 Å².